The average Bonchev–Trinajstić information content (AvgIpc) is 3.05. The van der Waals surface area contributed by atoms with Gasteiger partial charge in [-0.25, -0.2) is 4.79 Å². The van der Waals surface area contributed by atoms with Crippen LogP contribution in [0.15, 0.2) is 9.59 Å². The zero-order valence-electron chi connectivity index (χ0n) is 10.5. The predicted octanol–water partition coefficient (Wildman–Crippen LogP) is 1.70. The highest BCUT2D eigenvalue weighted by atomic mass is 35.5. The van der Waals surface area contributed by atoms with E-state index in [1.807, 2.05) is 13.8 Å². The average molecular weight is 273 g/mol. The summed E-state index contributed by atoms with van der Waals surface area (Å²) in [6, 6.07) is 0. The molecule has 1 aliphatic carbocycles. The van der Waals surface area contributed by atoms with E-state index in [1.165, 1.54) is 17.4 Å². The van der Waals surface area contributed by atoms with Gasteiger partial charge < -0.3 is 4.74 Å². The smallest absolute Gasteiger partial charge is 0.331 e. The van der Waals surface area contributed by atoms with E-state index in [0.29, 0.717) is 18.1 Å². The summed E-state index contributed by atoms with van der Waals surface area (Å²) in [6.45, 7) is 4.44. The molecule has 0 bridgehead atoms. The third kappa shape index (κ3) is 2.84. The van der Waals surface area contributed by atoms with Crippen molar-refractivity contribution < 1.29 is 4.74 Å². The van der Waals surface area contributed by atoms with Crippen molar-refractivity contribution in [1.82, 2.24) is 9.55 Å². The third-order valence-electron chi connectivity index (χ3n) is 3.02. The summed E-state index contributed by atoms with van der Waals surface area (Å²) >= 11 is 6.11. The van der Waals surface area contributed by atoms with Gasteiger partial charge in [0.2, 0.25) is 0 Å². The number of hydrogen-bond donors (Lipinski definition) is 1. The van der Waals surface area contributed by atoms with E-state index < -0.39 is 11.2 Å². The molecule has 0 aliphatic heterocycles. The van der Waals surface area contributed by atoms with Gasteiger partial charge in [-0.15, -0.1) is 0 Å². The lowest BCUT2D eigenvalue weighted by atomic mass is 10.1. The summed E-state index contributed by atoms with van der Waals surface area (Å²) in [5, 5.41) is 0.176. The van der Waals surface area contributed by atoms with Crippen LogP contribution in [0.2, 0.25) is 5.15 Å². The number of aromatic amines is 1. The zero-order valence-corrected chi connectivity index (χ0v) is 11.3. The summed E-state index contributed by atoms with van der Waals surface area (Å²) in [6.07, 6.45) is 2.37. The molecule has 0 unspecified atom stereocenters. The lowest BCUT2D eigenvalue weighted by Crippen LogP contribution is -2.34. The maximum atomic E-state index is 11.7. The zero-order chi connectivity index (χ0) is 13.3. The lowest BCUT2D eigenvalue weighted by Gasteiger charge is -2.13. The van der Waals surface area contributed by atoms with E-state index in [4.69, 9.17) is 16.3 Å². The summed E-state index contributed by atoms with van der Waals surface area (Å²) in [5.74, 6) is 0.573. The highest BCUT2D eigenvalue weighted by Gasteiger charge is 2.22. The molecule has 0 amide bonds. The molecule has 1 fully saturated rings. The molecule has 0 spiro atoms. The molecule has 1 saturated carbocycles. The van der Waals surface area contributed by atoms with Crippen molar-refractivity contribution in [1.29, 1.82) is 0 Å². The van der Waals surface area contributed by atoms with Gasteiger partial charge in [-0.2, -0.15) is 0 Å². The monoisotopic (exact) mass is 272 g/mol. The van der Waals surface area contributed by atoms with Crippen molar-refractivity contribution >= 4 is 11.6 Å². The fraction of sp³-hybridized carbons (Fsp3) is 0.667. The second kappa shape index (κ2) is 5.28. The van der Waals surface area contributed by atoms with Gasteiger partial charge in [-0.3, -0.25) is 14.3 Å². The summed E-state index contributed by atoms with van der Waals surface area (Å²) in [4.78, 5) is 25.6. The highest BCUT2D eigenvalue weighted by molar-refractivity contribution is 6.30. The van der Waals surface area contributed by atoms with Crippen LogP contribution in [0.25, 0.3) is 0 Å². The van der Waals surface area contributed by atoms with E-state index in [0.717, 1.165) is 0 Å². The summed E-state index contributed by atoms with van der Waals surface area (Å²) < 4.78 is 6.70. The second-order valence-corrected chi connectivity index (χ2v) is 5.35. The van der Waals surface area contributed by atoms with Crippen molar-refractivity contribution in [3.05, 3.63) is 31.6 Å². The number of H-pyrrole nitrogens is 1. The fourth-order valence-electron chi connectivity index (χ4n) is 1.77. The minimum absolute atomic E-state index is 0.0449. The number of halogens is 1. The first-order valence-electron chi connectivity index (χ1n) is 6.11. The summed E-state index contributed by atoms with van der Waals surface area (Å²) in [7, 11) is 0. The SMILES string of the molecule is CC(C)c1c(Cl)n(COCC2CC2)c(=O)[nH]c1=O. The van der Waals surface area contributed by atoms with Gasteiger partial charge in [-0.1, -0.05) is 25.4 Å². The number of ether oxygens (including phenoxy) is 1. The van der Waals surface area contributed by atoms with E-state index in [2.05, 4.69) is 4.98 Å². The van der Waals surface area contributed by atoms with Gasteiger partial charge in [0, 0.05) is 0 Å². The Morgan fingerprint density at radius 1 is 1.44 bits per heavy atom. The van der Waals surface area contributed by atoms with Crippen molar-refractivity contribution in [2.75, 3.05) is 6.61 Å². The van der Waals surface area contributed by atoms with Gasteiger partial charge in [0.15, 0.2) is 0 Å². The second-order valence-electron chi connectivity index (χ2n) is 4.99. The molecule has 5 nitrogen and oxygen atoms in total. The van der Waals surface area contributed by atoms with Crippen molar-refractivity contribution in [2.45, 2.75) is 39.3 Å². The van der Waals surface area contributed by atoms with Gasteiger partial charge in [0.1, 0.15) is 11.9 Å². The first-order valence-corrected chi connectivity index (χ1v) is 6.48. The molecule has 2 rings (SSSR count). The Kier molecular flexibility index (Phi) is 3.92. The highest BCUT2D eigenvalue weighted by Crippen LogP contribution is 2.29. The number of hydrogen-bond acceptors (Lipinski definition) is 3. The van der Waals surface area contributed by atoms with Crippen LogP contribution in [-0.4, -0.2) is 16.2 Å². The Hall–Kier alpha value is -1.07. The van der Waals surface area contributed by atoms with Crippen LogP contribution in [0, 0.1) is 5.92 Å². The molecule has 1 heterocycles. The van der Waals surface area contributed by atoms with Crippen LogP contribution in [0.5, 0.6) is 0 Å². The fourth-order valence-corrected chi connectivity index (χ4v) is 2.20. The van der Waals surface area contributed by atoms with Gasteiger partial charge in [-0.05, 0) is 24.7 Å². The minimum atomic E-state index is -0.523. The Balaban J connectivity index is 2.24. The quantitative estimate of drug-likeness (QED) is 0.830. The van der Waals surface area contributed by atoms with Gasteiger partial charge in [0.05, 0.1) is 12.2 Å². The standard InChI is InChI=1S/C12H17ClN2O3/c1-7(2)9-10(13)15(12(17)14-11(9)16)6-18-5-8-3-4-8/h7-8H,3-6H2,1-2H3,(H,14,16,17). The third-order valence-corrected chi connectivity index (χ3v) is 3.43. The minimum Gasteiger partial charge on any atom is -0.360 e. The predicted molar refractivity (Wildman–Crippen MR) is 69.1 cm³/mol. The molecule has 1 aromatic rings. The molecule has 6 heteroatoms. The van der Waals surface area contributed by atoms with Gasteiger partial charge >= 0.3 is 5.69 Å². The first-order chi connectivity index (χ1) is 8.50. The maximum Gasteiger partial charge on any atom is 0.331 e. The first kappa shape index (κ1) is 13.4. The van der Waals surface area contributed by atoms with E-state index in [-0.39, 0.29) is 17.8 Å². The van der Waals surface area contributed by atoms with Crippen LogP contribution < -0.4 is 11.2 Å². The topological polar surface area (TPSA) is 64.1 Å². The van der Waals surface area contributed by atoms with Crippen LogP contribution in [-0.2, 0) is 11.5 Å². The number of aromatic nitrogens is 2. The molecule has 18 heavy (non-hydrogen) atoms. The Morgan fingerprint density at radius 2 is 2.11 bits per heavy atom. The molecule has 100 valence electrons. The Bertz CT molecular complexity index is 543. The number of rotatable bonds is 5. The molecule has 1 aromatic heterocycles. The van der Waals surface area contributed by atoms with E-state index >= 15 is 0 Å². The lowest BCUT2D eigenvalue weighted by molar-refractivity contribution is 0.0658. The Labute approximate surface area is 110 Å². The number of nitrogens with one attached hydrogen (secondary N) is 1. The van der Waals surface area contributed by atoms with Crippen LogP contribution in [0.4, 0.5) is 0 Å². The van der Waals surface area contributed by atoms with Crippen LogP contribution >= 0.6 is 11.6 Å². The molecular weight excluding hydrogens is 256 g/mol. The normalized spacial score (nSPS) is 15.3. The van der Waals surface area contributed by atoms with Crippen LogP contribution in [0.1, 0.15) is 38.2 Å². The molecule has 1 aliphatic rings. The molecule has 0 radical (unpaired) electrons. The molecule has 0 atom stereocenters. The largest absolute Gasteiger partial charge is 0.360 e. The number of nitrogens with zero attached hydrogens (tertiary/aromatic N) is 1. The summed E-state index contributed by atoms with van der Waals surface area (Å²) in [5.41, 5.74) is -0.519. The molecule has 0 saturated heterocycles. The molecule has 0 aromatic carbocycles. The van der Waals surface area contributed by atoms with Crippen molar-refractivity contribution in [3.63, 3.8) is 0 Å². The Morgan fingerprint density at radius 3 is 2.67 bits per heavy atom. The molecular formula is C12H17ClN2O3. The van der Waals surface area contributed by atoms with Crippen LogP contribution in [0.3, 0.4) is 0 Å². The molecule has 1 N–H and O–H groups in total. The van der Waals surface area contributed by atoms with E-state index in [1.54, 1.807) is 0 Å². The maximum absolute atomic E-state index is 11.7. The van der Waals surface area contributed by atoms with Gasteiger partial charge in [0.25, 0.3) is 5.56 Å². The van der Waals surface area contributed by atoms with E-state index in [9.17, 15) is 9.59 Å². The van der Waals surface area contributed by atoms with Crippen molar-refractivity contribution in [3.8, 4) is 0 Å². The van der Waals surface area contributed by atoms with Crippen molar-refractivity contribution in [2.24, 2.45) is 5.92 Å².